The van der Waals surface area contributed by atoms with Crippen LogP contribution in [0.4, 0.5) is 21.7 Å². The third-order valence-corrected chi connectivity index (χ3v) is 3.15. The molecule has 1 aliphatic carbocycles. The van der Waals surface area contributed by atoms with Crippen molar-refractivity contribution in [3.63, 3.8) is 0 Å². The van der Waals surface area contributed by atoms with E-state index in [2.05, 4.69) is 20.7 Å². The normalized spacial score (nSPS) is 14.2. The zero-order chi connectivity index (χ0) is 14.1. The number of anilines is 3. The quantitative estimate of drug-likeness (QED) is 0.590. The van der Waals surface area contributed by atoms with E-state index in [0.29, 0.717) is 23.2 Å². The summed E-state index contributed by atoms with van der Waals surface area (Å²) in [5.41, 5.74) is 4.04. The fourth-order valence-corrected chi connectivity index (χ4v) is 2.08. The smallest absolute Gasteiger partial charge is 0.145 e. The molecule has 0 spiro atoms. The van der Waals surface area contributed by atoms with Gasteiger partial charge >= 0.3 is 0 Å². The minimum atomic E-state index is -0.277. The molecule has 5 nitrogen and oxygen atoms in total. The molecular formula is C14H16FN5. The van der Waals surface area contributed by atoms with Crippen LogP contribution in [0.2, 0.25) is 0 Å². The van der Waals surface area contributed by atoms with Gasteiger partial charge in [-0.2, -0.15) is 0 Å². The second-order valence-corrected chi connectivity index (χ2v) is 5.06. The average Bonchev–Trinajstić information content (AvgIpc) is 3.21. The van der Waals surface area contributed by atoms with E-state index >= 15 is 0 Å². The first-order chi connectivity index (χ1) is 9.64. The van der Waals surface area contributed by atoms with Gasteiger partial charge in [0.05, 0.1) is 0 Å². The van der Waals surface area contributed by atoms with Gasteiger partial charge in [-0.3, -0.25) is 0 Å². The van der Waals surface area contributed by atoms with Crippen LogP contribution in [0.1, 0.15) is 30.1 Å². The molecule has 104 valence electrons. The van der Waals surface area contributed by atoms with E-state index in [0.717, 1.165) is 24.2 Å². The third-order valence-electron chi connectivity index (χ3n) is 3.15. The summed E-state index contributed by atoms with van der Waals surface area (Å²) in [5.74, 6) is 7.50. The Bertz CT molecular complexity index is 619. The van der Waals surface area contributed by atoms with Gasteiger partial charge in [0.2, 0.25) is 0 Å². The second-order valence-electron chi connectivity index (χ2n) is 5.06. The number of aryl methyl sites for hydroxylation is 1. The van der Waals surface area contributed by atoms with Gasteiger partial charge in [-0.1, -0.05) is 0 Å². The Kier molecular flexibility index (Phi) is 3.23. The molecule has 0 atom stereocenters. The van der Waals surface area contributed by atoms with Crippen LogP contribution in [0, 0.1) is 12.7 Å². The minimum absolute atomic E-state index is 0.277. The number of aromatic nitrogens is 2. The molecule has 0 bridgehead atoms. The maximum absolute atomic E-state index is 13.4. The lowest BCUT2D eigenvalue weighted by Gasteiger charge is -2.10. The van der Waals surface area contributed by atoms with E-state index in [9.17, 15) is 4.39 Å². The number of hydrazine groups is 1. The Hall–Kier alpha value is -2.21. The van der Waals surface area contributed by atoms with Crippen LogP contribution in [0.3, 0.4) is 0 Å². The number of nitrogen functional groups attached to an aromatic ring is 1. The van der Waals surface area contributed by atoms with Crippen LogP contribution < -0.4 is 16.6 Å². The maximum Gasteiger partial charge on any atom is 0.145 e. The highest BCUT2D eigenvalue weighted by Crippen LogP contribution is 2.39. The van der Waals surface area contributed by atoms with Crippen molar-refractivity contribution in [2.75, 3.05) is 10.7 Å². The molecule has 2 aromatic rings. The molecule has 1 aliphatic rings. The first kappa shape index (κ1) is 12.8. The monoisotopic (exact) mass is 273 g/mol. The highest BCUT2D eigenvalue weighted by Gasteiger charge is 2.27. The molecule has 4 N–H and O–H groups in total. The second kappa shape index (κ2) is 5.05. The van der Waals surface area contributed by atoms with E-state index in [-0.39, 0.29) is 5.82 Å². The molecule has 0 amide bonds. The number of nitrogens with two attached hydrogens (primary N) is 1. The number of halogens is 1. The van der Waals surface area contributed by atoms with Crippen LogP contribution in [-0.2, 0) is 0 Å². The fraction of sp³-hybridized carbons (Fsp3) is 0.286. The summed E-state index contributed by atoms with van der Waals surface area (Å²) in [4.78, 5) is 8.79. The lowest BCUT2D eigenvalue weighted by atomic mass is 10.2. The van der Waals surface area contributed by atoms with E-state index in [1.807, 2.05) is 13.0 Å². The third kappa shape index (κ3) is 2.85. The Balaban J connectivity index is 1.90. The molecule has 0 saturated heterocycles. The topological polar surface area (TPSA) is 75.9 Å². The van der Waals surface area contributed by atoms with Crippen LogP contribution in [0.25, 0.3) is 0 Å². The number of nitrogens with one attached hydrogen (secondary N) is 2. The van der Waals surface area contributed by atoms with Gasteiger partial charge in [0.1, 0.15) is 23.3 Å². The van der Waals surface area contributed by atoms with E-state index in [1.54, 1.807) is 6.07 Å². The summed E-state index contributed by atoms with van der Waals surface area (Å²) in [6, 6.07) is 6.47. The minimum Gasteiger partial charge on any atom is -0.340 e. The summed E-state index contributed by atoms with van der Waals surface area (Å²) in [5, 5.41) is 3.10. The van der Waals surface area contributed by atoms with Crippen LogP contribution in [0.5, 0.6) is 0 Å². The molecule has 1 saturated carbocycles. The lowest BCUT2D eigenvalue weighted by molar-refractivity contribution is 0.627. The number of hydrogen-bond donors (Lipinski definition) is 3. The van der Waals surface area contributed by atoms with Gasteiger partial charge in [-0.15, -0.1) is 0 Å². The SMILES string of the molecule is Cc1cc(F)cc(Nc2cc(NN)nc(C3CC3)n2)c1. The highest BCUT2D eigenvalue weighted by atomic mass is 19.1. The van der Waals surface area contributed by atoms with Crippen LogP contribution >= 0.6 is 0 Å². The Morgan fingerprint density at radius 2 is 1.90 bits per heavy atom. The fourth-order valence-electron chi connectivity index (χ4n) is 2.08. The Labute approximate surface area is 116 Å². The standard InChI is InChI=1S/C14H16FN5/c1-8-4-10(15)6-11(5-8)17-12-7-13(20-16)19-14(18-12)9-2-3-9/h4-7,9H,2-3,16H2,1H3,(H2,17,18,19,20). The number of nitrogens with zero attached hydrogens (tertiary/aromatic N) is 2. The highest BCUT2D eigenvalue weighted by molar-refractivity contribution is 5.60. The molecular weight excluding hydrogens is 257 g/mol. The summed E-state index contributed by atoms with van der Waals surface area (Å²) in [6.07, 6.45) is 2.21. The van der Waals surface area contributed by atoms with Gasteiger partial charge in [0.15, 0.2) is 0 Å². The van der Waals surface area contributed by atoms with Gasteiger partial charge in [0, 0.05) is 17.7 Å². The van der Waals surface area contributed by atoms with Crippen molar-refractivity contribution in [1.29, 1.82) is 0 Å². The van der Waals surface area contributed by atoms with Gasteiger partial charge in [-0.05, 0) is 43.5 Å². The van der Waals surface area contributed by atoms with Gasteiger partial charge in [0.25, 0.3) is 0 Å². The van der Waals surface area contributed by atoms with Crippen molar-refractivity contribution in [3.05, 3.63) is 41.5 Å². The predicted molar refractivity (Wildman–Crippen MR) is 76.2 cm³/mol. The molecule has 3 rings (SSSR count). The van der Waals surface area contributed by atoms with Gasteiger partial charge in [-0.25, -0.2) is 20.2 Å². The average molecular weight is 273 g/mol. The van der Waals surface area contributed by atoms with Crippen molar-refractivity contribution in [2.24, 2.45) is 5.84 Å². The van der Waals surface area contributed by atoms with E-state index < -0.39 is 0 Å². The molecule has 0 unspecified atom stereocenters. The number of hydrogen-bond acceptors (Lipinski definition) is 5. The predicted octanol–water partition coefficient (Wildman–Crippen LogP) is 2.83. The first-order valence-electron chi connectivity index (χ1n) is 6.54. The van der Waals surface area contributed by atoms with Crippen molar-refractivity contribution in [3.8, 4) is 0 Å². The molecule has 6 heteroatoms. The van der Waals surface area contributed by atoms with Crippen molar-refractivity contribution in [2.45, 2.75) is 25.7 Å². The zero-order valence-electron chi connectivity index (χ0n) is 11.2. The van der Waals surface area contributed by atoms with E-state index in [1.165, 1.54) is 12.1 Å². The summed E-state index contributed by atoms with van der Waals surface area (Å²) >= 11 is 0. The molecule has 1 heterocycles. The summed E-state index contributed by atoms with van der Waals surface area (Å²) in [7, 11) is 0. The zero-order valence-corrected chi connectivity index (χ0v) is 11.2. The molecule has 1 aromatic heterocycles. The summed E-state index contributed by atoms with van der Waals surface area (Å²) in [6.45, 7) is 1.84. The number of benzene rings is 1. The molecule has 1 aromatic carbocycles. The van der Waals surface area contributed by atoms with Crippen molar-refractivity contribution < 1.29 is 4.39 Å². The van der Waals surface area contributed by atoms with Crippen molar-refractivity contribution >= 4 is 17.3 Å². The van der Waals surface area contributed by atoms with Gasteiger partial charge < -0.3 is 10.7 Å². The molecule has 0 aliphatic heterocycles. The van der Waals surface area contributed by atoms with Crippen molar-refractivity contribution in [1.82, 2.24) is 9.97 Å². The largest absolute Gasteiger partial charge is 0.340 e. The Morgan fingerprint density at radius 1 is 1.15 bits per heavy atom. The molecule has 0 radical (unpaired) electrons. The van der Waals surface area contributed by atoms with Crippen LogP contribution in [-0.4, -0.2) is 9.97 Å². The summed E-state index contributed by atoms with van der Waals surface area (Å²) < 4.78 is 13.4. The van der Waals surface area contributed by atoms with E-state index in [4.69, 9.17) is 5.84 Å². The van der Waals surface area contributed by atoms with Crippen LogP contribution in [0.15, 0.2) is 24.3 Å². The first-order valence-corrected chi connectivity index (χ1v) is 6.54. The lowest BCUT2D eigenvalue weighted by Crippen LogP contribution is -2.11. The Morgan fingerprint density at radius 3 is 2.55 bits per heavy atom. The number of rotatable bonds is 4. The molecule has 1 fully saturated rings. The molecule has 20 heavy (non-hydrogen) atoms. The maximum atomic E-state index is 13.4.